The van der Waals surface area contributed by atoms with Gasteiger partial charge in [-0.1, -0.05) is 35.9 Å². The van der Waals surface area contributed by atoms with Gasteiger partial charge in [0.2, 0.25) is 5.91 Å². The van der Waals surface area contributed by atoms with Crippen LogP contribution in [0.4, 0.5) is 0 Å². The summed E-state index contributed by atoms with van der Waals surface area (Å²) in [4.78, 5) is 18.6. The number of nitrogens with one attached hydrogen (secondary N) is 1. The van der Waals surface area contributed by atoms with Gasteiger partial charge in [-0.2, -0.15) is 0 Å². The summed E-state index contributed by atoms with van der Waals surface area (Å²) in [6.07, 6.45) is 7.41. The zero-order valence-electron chi connectivity index (χ0n) is 15.0. The van der Waals surface area contributed by atoms with E-state index < -0.39 is 0 Å². The van der Waals surface area contributed by atoms with Gasteiger partial charge in [0.15, 0.2) is 0 Å². The Morgan fingerprint density at radius 1 is 1.19 bits per heavy atom. The highest BCUT2D eigenvalue weighted by Gasteiger charge is 2.20. The maximum absolute atomic E-state index is 12.0. The lowest BCUT2D eigenvalue weighted by Gasteiger charge is -2.32. The van der Waals surface area contributed by atoms with E-state index in [2.05, 4.69) is 21.3 Å². The number of nitrogens with zero attached hydrogens (tertiary/aromatic N) is 2. The standard InChI is InChI=1S/C21H26ClN3O/c22-20-6-2-1-5-19(20)16-25-12-9-17(10-13-25)7-8-21(26)24-15-18-4-3-11-23-14-18/h1-6,11,14,17H,7-10,12-13,15-16H2,(H,24,26). The van der Waals surface area contributed by atoms with Crippen LogP contribution in [0.25, 0.3) is 0 Å². The molecule has 138 valence electrons. The predicted molar refractivity (Wildman–Crippen MR) is 105 cm³/mol. The van der Waals surface area contributed by atoms with Crippen molar-refractivity contribution < 1.29 is 4.79 Å². The second-order valence-electron chi connectivity index (χ2n) is 6.99. The van der Waals surface area contributed by atoms with Crippen molar-refractivity contribution in [3.63, 3.8) is 0 Å². The average Bonchev–Trinajstić information content (AvgIpc) is 2.68. The van der Waals surface area contributed by atoms with Crippen LogP contribution >= 0.6 is 11.6 Å². The summed E-state index contributed by atoms with van der Waals surface area (Å²) in [5.74, 6) is 0.772. The van der Waals surface area contributed by atoms with Crippen LogP contribution < -0.4 is 5.32 Å². The molecule has 1 aromatic heterocycles. The molecule has 0 atom stereocenters. The molecule has 1 N–H and O–H groups in total. The number of likely N-dealkylation sites (tertiary alicyclic amines) is 1. The molecule has 2 aromatic rings. The molecule has 1 amide bonds. The van der Waals surface area contributed by atoms with Gasteiger partial charge in [0, 0.05) is 36.9 Å². The van der Waals surface area contributed by atoms with E-state index in [1.807, 2.05) is 30.3 Å². The van der Waals surface area contributed by atoms with E-state index in [0.29, 0.717) is 18.9 Å². The predicted octanol–water partition coefficient (Wildman–Crippen LogP) is 4.04. The molecule has 2 heterocycles. The fourth-order valence-electron chi connectivity index (χ4n) is 3.43. The first-order valence-corrected chi connectivity index (χ1v) is 9.70. The number of pyridine rings is 1. The highest BCUT2D eigenvalue weighted by molar-refractivity contribution is 6.31. The van der Waals surface area contributed by atoms with Crippen molar-refractivity contribution in [1.82, 2.24) is 15.2 Å². The molecule has 0 bridgehead atoms. The Morgan fingerprint density at radius 3 is 2.73 bits per heavy atom. The van der Waals surface area contributed by atoms with Crippen molar-refractivity contribution in [3.8, 4) is 0 Å². The quantitative estimate of drug-likeness (QED) is 0.798. The maximum atomic E-state index is 12.0. The molecule has 4 nitrogen and oxygen atoms in total. The molecular formula is C21H26ClN3O. The van der Waals surface area contributed by atoms with Crippen LogP contribution in [0.15, 0.2) is 48.8 Å². The summed E-state index contributed by atoms with van der Waals surface area (Å²) < 4.78 is 0. The number of piperidine rings is 1. The molecule has 26 heavy (non-hydrogen) atoms. The van der Waals surface area contributed by atoms with Gasteiger partial charge in [-0.3, -0.25) is 14.7 Å². The molecule has 5 heteroatoms. The Hall–Kier alpha value is -1.91. The monoisotopic (exact) mass is 371 g/mol. The van der Waals surface area contributed by atoms with Crippen LogP contribution in [0.3, 0.4) is 0 Å². The van der Waals surface area contributed by atoms with Gasteiger partial charge < -0.3 is 5.32 Å². The summed E-state index contributed by atoms with van der Waals surface area (Å²) in [6.45, 7) is 3.63. The minimum Gasteiger partial charge on any atom is -0.352 e. The number of amides is 1. The van der Waals surface area contributed by atoms with Crippen LogP contribution in [0, 0.1) is 5.92 Å². The lowest BCUT2D eigenvalue weighted by Crippen LogP contribution is -2.33. The molecule has 0 radical (unpaired) electrons. The highest BCUT2D eigenvalue weighted by atomic mass is 35.5. The van der Waals surface area contributed by atoms with E-state index in [9.17, 15) is 4.79 Å². The van der Waals surface area contributed by atoms with Gasteiger partial charge in [-0.05, 0) is 61.5 Å². The third kappa shape index (κ3) is 5.82. The molecule has 1 aliphatic rings. The number of benzene rings is 1. The first-order chi connectivity index (χ1) is 12.7. The molecule has 0 spiro atoms. The van der Waals surface area contributed by atoms with Crippen molar-refractivity contribution in [2.45, 2.75) is 38.8 Å². The second kappa shape index (κ2) is 9.70. The minimum absolute atomic E-state index is 0.132. The van der Waals surface area contributed by atoms with Gasteiger partial charge in [-0.15, -0.1) is 0 Å². The summed E-state index contributed by atoms with van der Waals surface area (Å²) in [6, 6.07) is 11.9. The van der Waals surface area contributed by atoms with Crippen molar-refractivity contribution in [1.29, 1.82) is 0 Å². The largest absolute Gasteiger partial charge is 0.352 e. The Morgan fingerprint density at radius 2 is 2.00 bits per heavy atom. The Bertz CT molecular complexity index is 699. The van der Waals surface area contributed by atoms with E-state index in [4.69, 9.17) is 11.6 Å². The molecule has 0 saturated carbocycles. The first-order valence-electron chi connectivity index (χ1n) is 9.32. The molecular weight excluding hydrogens is 346 g/mol. The molecule has 1 aliphatic heterocycles. The third-order valence-electron chi connectivity index (χ3n) is 5.05. The minimum atomic E-state index is 0.132. The van der Waals surface area contributed by atoms with Crippen molar-refractivity contribution in [2.24, 2.45) is 5.92 Å². The number of carbonyl (C=O) groups excluding carboxylic acids is 1. The van der Waals surface area contributed by atoms with Gasteiger partial charge in [0.25, 0.3) is 0 Å². The number of hydrogen-bond acceptors (Lipinski definition) is 3. The maximum Gasteiger partial charge on any atom is 0.220 e. The zero-order chi connectivity index (χ0) is 18.2. The first kappa shape index (κ1) is 18.9. The fraction of sp³-hybridized carbons (Fsp3) is 0.429. The van der Waals surface area contributed by atoms with Crippen LogP contribution in [-0.2, 0) is 17.9 Å². The number of carbonyl (C=O) groups is 1. The normalized spacial score (nSPS) is 15.7. The Balaban J connectivity index is 1.34. The van der Waals surface area contributed by atoms with Crippen molar-refractivity contribution >= 4 is 17.5 Å². The molecule has 1 saturated heterocycles. The second-order valence-corrected chi connectivity index (χ2v) is 7.39. The van der Waals surface area contributed by atoms with E-state index in [0.717, 1.165) is 49.5 Å². The summed E-state index contributed by atoms with van der Waals surface area (Å²) >= 11 is 6.26. The summed E-state index contributed by atoms with van der Waals surface area (Å²) in [5, 5.41) is 3.83. The summed E-state index contributed by atoms with van der Waals surface area (Å²) in [7, 11) is 0. The number of halogens is 1. The third-order valence-corrected chi connectivity index (χ3v) is 5.42. The molecule has 0 unspecified atom stereocenters. The molecule has 0 aliphatic carbocycles. The SMILES string of the molecule is O=C(CCC1CCN(Cc2ccccc2Cl)CC1)NCc1cccnc1. The molecule has 3 rings (SSSR count). The Kier molecular flexibility index (Phi) is 7.04. The van der Waals surface area contributed by atoms with E-state index in [1.54, 1.807) is 12.4 Å². The van der Waals surface area contributed by atoms with Crippen LogP contribution in [-0.4, -0.2) is 28.9 Å². The van der Waals surface area contributed by atoms with Crippen molar-refractivity contribution in [2.75, 3.05) is 13.1 Å². The van der Waals surface area contributed by atoms with Gasteiger partial charge in [0.1, 0.15) is 0 Å². The van der Waals surface area contributed by atoms with Crippen LogP contribution in [0.5, 0.6) is 0 Å². The zero-order valence-corrected chi connectivity index (χ0v) is 15.8. The molecule has 1 fully saturated rings. The number of rotatable bonds is 7. The van der Waals surface area contributed by atoms with E-state index in [-0.39, 0.29) is 5.91 Å². The van der Waals surface area contributed by atoms with E-state index >= 15 is 0 Å². The fourth-order valence-corrected chi connectivity index (χ4v) is 3.62. The average molecular weight is 372 g/mol. The van der Waals surface area contributed by atoms with Crippen LogP contribution in [0.2, 0.25) is 5.02 Å². The van der Waals surface area contributed by atoms with E-state index in [1.165, 1.54) is 5.56 Å². The number of aromatic nitrogens is 1. The topological polar surface area (TPSA) is 45.2 Å². The van der Waals surface area contributed by atoms with Crippen molar-refractivity contribution in [3.05, 3.63) is 64.9 Å². The lowest BCUT2D eigenvalue weighted by molar-refractivity contribution is -0.121. The summed E-state index contributed by atoms with van der Waals surface area (Å²) in [5.41, 5.74) is 2.23. The highest BCUT2D eigenvalue weighted by Crippen LogP contribution is 2.24. The van der Waals surface area contributed by atoms with Crippen LogP contribution in [0.1, 0.15) is 36.8 Å². The van der Waals surface area contributed by atoms with Gasteiger partial charge in [0.05, 0.1) is 0 Å². The molecule has 1 aromatic carbocycles. The number of hydrogen-bond donors (Lipinski definition) is 1. The smallest absolute Gasteiger partial charge is 0.220 e. The lowest BCUT2D eigenvalue weighted by atomic mass is 9.92. The Labute approximate surface area is 160 Å². The van der Waals surface area contributed by atoms with Gasteiger partial charge in [-0.25, -0.2) is 0 Å². The van der Waals surface area contributed by atoms with Gasteiger partial charge >= 0.3 is 0 Å².